The Morgan fingerprint density at radius 2 is 1.15 bits per heavy atom. The van der Waals surface area contributed by atoms with E-state index in [2.05, 4.69) is 95.9 Å². The number of aromatic nitrogens is 1. The van der Waals surface area contributed by atoms with Gasteiger partial charge in [0.15, 0.2) is 11.2 Å². The second-order valence-electron chi connectivity index (χ2n) is 10.0. The Morgan fingerprint density at radius 3 is 1.95 bits per heavy atom. The van der Waals surface area contributed by atoms with Gasteiger partial charge in [0, 0.05) is 27.7 Å². The van der Waals surface area contributed by atoms with Crippen LogP contribution in [0.25, 0.3) is 55.6 Å². The van der Waals surface area contributed by atoms with Crippen molar-refractivity contribution in [3.8, 4) is 22.6 Å². The van der Waals surface area contributed by atoms with Crippen molar-refractivity contribution in [2.75, 3.05) is 4.90 Å². The van der Waals surface area contributed by atoms with Crippen molar-refractivity contribution < 1.29 is 8.83 Å². The molecule has 0 fully saturated rings. The first-order chi connectivity index (χ1) is 20.3. The monoisotopic (exact) mass is 528 g/mol. The van der Waals surface area contributed by atoms with E-state index in [0.29, 0.717) is 5.89 Å². The highest BCUT2D eigenvalue weighted by molar-refractivity contribution is 6.15. The molecular weight excluding hydrogens is 504 g/mol. The lowest BCUT2D eigenvalue weighted by Crippen LogP contribution is -2.10. The van der Waals surface area contributed by atoms with E-state index >= 15 is 0 Å². The van der Waals surface area contributed by atoms with Crippen molar-refractivity contribution in [2.45, 2.75) is 0 Å². The molecule has 4 nitrogen and oxygen atoms in total. The molecule has 0 radical (unpaired) electrons. The van der Waals surface area contributed by atoms with Crippen LogP contribution in [0.5, 0.6) is 0 Å². The van der Waals surface area contributed by atoms with Crippen molar-refractivity contribution in [1.82, 2.24) is 4.98 Å². The molecule has 0 amide bonds. The maximum atomic E-state index is 6.63. The van der Waals surface area contributed by atoms with Crippen LogP contribution in [0.3, 0.4) is 0 Å². The predicted octanol–water partition coefficient (Wildman–Crippen LogP) is 10.5. The largest absolute Gasteiger partial charge is 0.454 e. The number of hydrogen-bond donors (Lipinski definition) is 0. The third-order valence-corrected chi connectivity index (χ3v) is 7.51. The minimum absolute atomic E-state index is 0.585. The summed E-state index contributed by atoms with van der Waals surface area (Å²) < 4.78 is 12.8. The van der Waals surface area contributed by atoms with E-state index < -0.39 is 0 Å². The molecule has 194 valence electrons. The molecular formula is C37H24N2O2. The Balaban J connectivity index is 1.32. The maximum Gasteiger partial charge on any atom is 0.228 e. The number of rotatable bonds is 5. The number of para-hydroxylation sites is 4. The first kappa shape index (κ1) is 23.3. The van der Waals surface area contributed by atoms with Crippen LogP contribution in [0.1, 0.15) is 0 Å². The van der Waals surface area contributed by atoms with E-state index in [9.17, 15) is 0 Å². The quantitative estimate of drug-likeness (QED) is 0.223. The number of furan rings is 1. The third kappa shape index (κ3) is 3.97. The number of anilines is 3. The van der Waals surface area contributed by atoms with Gasteiger partial charge in [0.1, 0.15) is 11.1 Å². The van der Waals surface area contributed by atoms with E-state index in [1.807, 2.05) is 54.6 Å². The van der Waals surface area contributed by atoms with Gasteiger partial charge in [-0.05, 0) is 65.7 Å². The highest BCUT2D eigenvalue weighted by Crippen LogP contribution is 2.44. The molecule has 2 heterocycles. The fourth-order valence-corrected chi connectivity index (χ4v) is 5.61. The normalized spacial score (nSPS) is 11.4. The molecule has 0 spiro atoms. The Hall–Kier alpha value is -5.61. The molecule has 41 heavy (non-hydrogen) atoms. The van der Waals surface area contributed by atoms with Gasteiger partial charge in [-0.1, -0.05) is 91.0 Å². The fraction of sp³-hybridized carbons (Fsp3) is 0. The lowest BCUT2D eigenvalue weighted by molar-refractivity contribution is 0.620. The highest BCUT2D eigenvalue weighted by Gasteiger charge is 2.22. The van der Waals surface area contributed by atoms with Crippen LogP contribution >= 0.6 is 0 Å². The molecule has 0 aliphatic rings. The van der Waals surface area contributed by atoms with Gasteiger partial charge in [-0.25, -0.2) is 4.98 Å². The van der Waals surface area contributed by atoms with Crippen LogP contribution in [0.15, 0.2) is 154 Å². The summed E-state index contributed by atoms with van der Waals surface area (Å²) in [5, 5.41) is 2.00. The van der Waals surface area contributed by atoms with Crippen molar-refractivity contribution in [1.29, 1.82) is 0 Å². The highest BCUT2D eigenvalue weighted by atomic mass is 16.3. The van der Waals surface area contributed by atoms with Crippen LogP contribution in [-0.4, -0.2) is 4.98 Å². The fourth-order valence-electron chi connectivity index (χ4n) is 5.61. The smallest absolute Gasteiger partial charge is 0.228 e. The summed E-state index contributed by atoms with van der Waals surface area (Å²) in [5.41, 5.74) is 9.53. The molecule has 8 aromatic rings. The molecule has 6 aromatic carbocycles. The first-order valence-electron chi connectivity index (χ1n) is 13.6. The second-order valence-corrected chi connectivity index (χ2v) is 10.0. The van der Waals surface area contributed by atoms with Gasteiger partial charge >= 0.3 is 0 Å². The Kier molecular flexibility index (Phi) is 5.42. The van der Waals surface area contributed by atoms with Gasteiger partial charge in [0.25, 0.3) is 0 Å². The summed E-state index contributed by atoms with van der Waals surface area (Å²) in [6, 6.07) is 49.7. The van der Waals surface area contributed by atoms with Crippen molar-refractivity contribution in [3.63, 3.8) is 0 Å². The summed E-state index contributed by atoms with van der Waals surface area (Å²) in [6.07, 6.45) is 0. The van der Waals surface area contributed by atoms with Gasteiger partial charge in [0.2, 0.25) is 5.89 Å². The minimum Gasteiger partial charge on any atom is -0.454 e. The topological polar surface area (TPSA) is 42.4 Å². The average molecular weight is 529 g/mol. The van der Waals surface area contributed by atoms with E-state index in [4.69, 9.17) is 13.8 Å². The summed E-state index contributed by atoms with van der Waals surface area (Å²) >= 11 is 0. The van der Waals surface area contributed by atoms with Crippen LogP contribution in [0.2, 0.25) is 0 Å². The minimum atomic E-state index is 0.585. The van der Waals surface area contributed by atoms with Crippen molar-refractivity contribution in [2.24, 2.45) is 0 Å². The summed E-state index contributed by atoms with van der Waals surface area (Å²) in [4.78, 5) is 7.04. The molecule has 0 unspecified atom stereocenters. The number of fused-ring (bicyclic) bond motifs is 4. The van der Waals surface area contributed by atoms with Crippen LogP contribution in [0, 0.1) is 0 Å². The molecule has 0 aliphatic heterocycles. The maximum absolute atomic E-state index is 6.63. The van der Waals surface area contributed by atoms with Crippen LogP contribution < -0.4 is 4.90 Å². The van der Waals surface area contributed by atoms with Crippen molar-refractivity contribution in [3.05, 3.63) is 146 Å². The third-order valence-electron chi connectivity index (χ3n) is 7.51. The molecule has 0 aliphatic carbocycles. The van der Waals surface area contributed by atoms with Crippen LogP contribution in [-0.2, 0) is 0 Å². The van der Waals surface area contributed by atoms with Crippen LogP contribution in [0.4, 0.5) is 17.1 Å². The van der Waals surface area contributed by atoms with Gasteiger partial charge in [-0.2, -0.15) is 0 Å². The lowest BCUT2D eigenvalue weighted by Gasteiger charge is -2.25. The molecule has 0 bridgehead atoms. The Labute approximate surface area is 236 Å². The van der Waals surface area contributed by atoms with E-state index in [1.165, 1.54) is 11.1 Å². The molecule has 8 rings (SSSR count). The zero-order chi connectivity index (χ0) is 27.2. The summed E-state index contributed by atoms with van der Waals surface area (Å²) in [6.45, 7) is 0. The molecule has 0 saturated carbocycles. The van der Waals surface area contributed by atoms with E-state index in [0.717, 1.165) is 55.7 Å². The average Bonchev–Trinajstić information content (AvgIpc) is 3.65. The summed E-state index contributed by atoms with van der Waals surface area (Å²) in [7, 11) is 0. The van der Waals surface area contributed by atoms with Gasteiger partial charge in [-0.3, -0.25) is 0 Å². The Bertz CT molecular complexity index is 2110. The van der Waals surface area contributed by atoms with E-state index in [1.54, 1.807) is 0 Å². The Morgan fingerprint density at radius 1 is 0.488 bits per heavy atom. The molecule has 0 saturated heterocycles. The number of hydrogen-bond acceptors (Lipinski definition) is 4. The summed E-state index contributed by atoms with van der Waals surface area (Å²) in [5.74, 6) is 0.585. The molecule has 0 atom stereocenters. The zero-order valence-corrected chi connectivity index (χ0v) is 22.1. The number of nitrogens with zero attached hydrogens (tertiary/aromatic N) is 2. The van der Waals surface area contributed by atoms with Gasteiger partial charge in [-0.15, -0.1) is 0 Å². The molecule has 2 aromatic heterocycles. The molecule has 4 heteroatoms. The van der Waals surface area contributed by atoms with E-state index in [-0.39, 0.29) is 0 Å². The van der Waals surface area contributed by atoms with Gasteiger partial charge in [0.05, 0.1) is 5.69 Å². The number of benzene rings is 6. The lowest BCUT2D eigenvalue weighted by atomic mass is 10.0. The molecule has 0 N–H and O–H groups in total. The van der Waals surface area contributed by atoms with Crippen molar-refractivity contribution >= 4 is 50.1 Å². The zero-order valence-electron chi connectivity index (χ0n) is 22.1. The second kappa shape index (κ2) is 9.54. The predicted molar refractivity (Wildman–Crippen MR) is 167 cm³/mol. The SMILES string of the molecule is c1ccc(-c2ccc(N(c3ccccc3)c3cccc4c3oc3cccc(-c5nc6ccccc6o5)c34)cc2)cc1. The number of oxazole rings is 1. The standard InChI is InChI=1S/C37H24N2O2/c1-3-11-25(12-4-1)26-21-23-28(24-22-26)39(27-13-5-2-6-14-27)32-18-9-15-29-35-30(16-10-20-34(35)40-36(29)32)37-38-31-17-7-8-19-33(31)41-37/h1-24H. The van der Waals surface area contributed by atoms with Gasteiger partial charge < -0.3 is 13.7 Å². The first-order valence-corrected chi connectivity index (χ1v) is 13.6.